The molecular weight excluding hydrogens is 266 g/mol. The van der Waals surface area contributed by atoms with Gasteiger partial charge in [0, 0.05) is 21.5 Å². The summed E-state index contributed by atoms with van der Waals surface area (Å²) in [7, 11) is 1.28. The van der Waals surface area contributed by atoms with Crippen LogP contribution in [0.4, 0.5) is 0 Å². The largest absolute Gasteiger partial charge is 0.478 e. The predicted octanol–water partition coefficient (Wildman–Crippen LogP) is 2.60. The highest BCUT2D eigenvalue weighted by molar-refractivity contribution is 7.15. The van der Waals surface area contributed by atoms with Gasteiger partial charge in [0.25, 0.3) is 0 Å². The Morgan fingerprint density at radius 2 is 2.16 bits per heavy atom. The van der Waals surface area contributed by atoms with Crippen LogP contribution in [0.15, 0.2) is 24.4 Å². The Morgan fingerprint density at radius 3 is 2.74 bits per heavy atom. The fourth-order valence-corrected chi connectivity index (χ4v) is 2.73. The summed E-state index contributed by atoms with van der Waals surface area (Å²) >= 11 is 1.31. The molecule has 5 nitrogen and oxygen atoms in total. The van der Waals surface area contributed by atoms with Gasteiger partial charge >= 0.3 is 11.9 Å². The number of aryl methyl sites for hydroxylation is 1. The van der Waals surface area contributed by atoms with E-state index in [9.17, 15) is 9.59 Å². The lowest BCUT2D eigenvalue weighted by Crippen LogP contribution is -2.05. The van der Waals surface area contributed by atoms with Gasteiger partial charge in [-0.25, -0.2) is 14.6 Å². The zero-order valence-corrected chi connectivity index (χ0v) is 11.2. The molecule has 0 saturated heterocycles. The first kappa shape index (κ1) is 13.2. The summed E-state index contributed by atoms with van der Waals surface area (Å²) in [5, 5.41) is 9.05. The van der Waals surface area contributed by atoms with Crippen molar-refractivity contribution in [2.24, 2.45) is 0 Å². The second-order valence-electron chi connectivity index (χ2n) is 3.78. The van der Waals surface area contributed by atoms with Crippen LogP contribution in [0.5, 0.6) is 0 Å². The van der Waals surface area contributed by atoms with Gasteiger partial charge in [-0.05, 0) is 25.1 Å². The molecule has 19 heavy (non-hydrogen) atoms. The van der Waals surface area contributed by atoms with E-state index in [0.29, 0.717) is 15.3 Å². The molecule has 2 aromatic heterocycles. The van der Waals surface area contributed by atoms with Crippen LogP contribution in [0.3, 0.4) is 0 Å². The highest BCUT2D eigenvalue weighted by Gasteiger charge is 2.19. The number of hydrogen-bond acceptors (Lipinski definition) is 5. The van der Waals surface area contributed by atoms with E-state index in [2.05, 4.69) is 9.72 Å². The van der Waals surface area contributed by atoms with Gasteiger partial charge in [0.1, 0.15) is 0 Å². The van der Waals surface area contributed by atoms with Crippen molar-refractivity contribution in [2.75, 3.05) is 7.11 Å². The van der Waals surface area contributed by atoms with Crippen LogP contribution >= 0.6 is 11.3 Å². The minimum atomic E-state index is -0.983. The van der Waals surface area contributed by atoms with Gasteiger partial charge in [-0.3, -0.25) is 0 Å². The average molecular weight is 277 g/mol. The number of carbonyl (C=O) groups is 2. The minimum absolute atomic E-state index is 0.184. The number of thiophene rings is 1. The number of rotatable bonds is 3. The van der Waals surface area contributed by atoms with Crippen molar-refractivity contribution in [3.05, 3.63) is 40.5 Å². The average Bonchev–Trinajstić information content (AvgIpc) is 2.80. The van der Waals surface area contributed by atoms with Crippen molar-refractivity contribution in [1.29, 1.82) is 0 Å². The first-order chi connectivity index (χ1) is 9.04. The van der Waals surface area contributed by atoms with Gasteiger partial charge in [0.2, 0.25) is 0 Å². The number of hydrogen-bond donors (Lipinski definition) is 1. The fraction of sp³-hybridized carbons (Fsp3) is 0.154. The Bertz CT molecular complexity index is 648. The number of methoxy groups -OCH3 is 1. The molecule has 0 radical (unpaired) electrons. The molecule has 0 aliphatic rings. The number of aromatic carboxylic acids is 1. The topological polar surface area (TPSA) is 76.5 Å². The molecule has 0 bridgehead atoms. The number of nitrogens with zero attached hydrogens (tertiary/aromatic N) is 1. The van der Waals surface area contributed by atoms with Crippen molar-refractivity contribution in [3.63, 3.8) is 0 Å². The fourth-order valence-electron chi connectivity index (χ4n) is 1.69. The highest BCUT2D eigenvalue weighted by Crippen LogP contribution is 2.32. The van der Waals surface area contributed by atoms with Crippen molar-refractivity contribution >= 4 is 23.3 Å². The monoisotopic (exact) mass is 277 g/mol. The summed E-state index contributed by atoms with van der Waals surface area (Å²) < 4.78 is 4.67. The van der Waals surface area contributed by atoms with Crippen LogP contribution in [0.2, 0.25) is 0 Å². The standard InChI is InChI=1S/C13H11NO4S/c1-7-9(12(15)16)6-10(19-7)8-4-3-5-14-11(8)13(17)18-2/h3-6H,1-2H3,(H,15,16). The van der Waals surface area contributed by atoms with Crippen LogP contribution in [0, 0.1) is 6.92 Å². The molecule has 2 aromatic rings. The molecule has 0 aliphatic carbocycles. The number of esters is 1. The second-order valence-corrected chi connectivity index (χ2v) is 5.03. The molecule has 0 amide bonds. The molecule has 0 saturated carbocycles. The van der Waals surface area contributed by atoms with E-state index in [1.807, 2.05) is 0 Å². The molecular formula is C13H11NO4S. The van der Waals surface area contributed by atoms with E-state index in [4.69, 9.17) is 5.11 Å². The third kappa shape index (κ3) is 2.48. The van der Waals surface area contributed by atoms with Gasteiger partial charge < -0.3 is 9.84 Å². The summed E-state index contributed by atoms with van der Waals surface area (Å²) in [6, 6.07) is 4.96. The molecule has 98 valence electrons. The number of carbonyl (C=O) groups excluding carboxylic acids is 1. The van der Waals surface area contributed by atoms with E-state index in [1.165, 1.54) is 24.6 Å². The third-order valence-corrected chi connectivity index (χ3v) is 3.68. The molecule has 0 aliphatic heterocycles. The Morgan fingerprint density at radius 1 is 1.42 bits per heavy atom. The second kappa shape index (κ2) is 5.19. The number of pyridine rings is 1. The van der Waals surface area contributed by atoms with Crippen molar-refractivity contribution in [3.8, 4) is 10.4 Å². The molecule has 0 atom stereocenters. The smallest absolute Gasteiger partial charge is 0.357 e. The van der Waals surface area contributed by atoms with E-state index in [1.54, 1.807) is 25.1 Å². The minimum Gasteiger partial charge on any atom is -0.478 e. The lowest BCUT2D eigenvalue weighted by molar-refractivity contribution is 0.0594. The van der Waals surface area contributed by atoms with E-state index in [0.717, 1.165) is 0 Å². The lowest BCUT2D eigenvalue weighted by Gasteiger charge is -2.03. The summed E-state index contributed by atoms with van der Waals surface area (Å²) in [6.45, 7) is 1.73. The summed E-state index contributed by atoms with van der Waals surface area (Å²) in [5.74, 6) is -1.53. The Labute approximate surface area is 113 Å². The maximum atomic E-state index is 11.6. The normalized spacial score (nSPS) is 10.2. The maximum absolute atomic E-state index is 11.6. The van der Waals surface area contributed by atoms with E-state index < -0.39 is 11.9 Å². The number of aromatic nitrogens is 1. The quantitative estimate of drug-likeness (QED) is 0.873. The number of carboxylic acids is 1. The molecule has 2 heterocycles. The maximum Gasteiger partial charge on any atom is 0.357 e. The molecule has 1 N–H and O–H groups in total. The van der Waals surface area contributed by atoms with Crippen molar-refractivity contribution in [1.82, 2.24) is 4.98 Å². The summed E-state index contributed by atoms with van der Waals surface area (Å²) in [6.07, 6.45) is 1.49. The molecule has 0 fully saturated rings. The Hall–Kier alpha value is -2.21. The number of carboxylic acid groups (broad SMARTS) is 1. The molecule has 6 heteroatoms. The van der Waals surface area contributed by atoms with Gasteiger partial charge in [-0.1, -0.05) is 0 Å². The zero-order chi connectivity index (χ0) is 14.0. The molecule has 0 spiro atoms. The third-order valence-electron chi connectivity index (χ3n) is 2.60. The van der Waals surface area contributed by atoms with Crippen LogP contribution in [0.25, 0.3) is 10.4 Å². The van der Waals surface area contributed by atoms with Crippen LogP contribution in [-0.4, -0.2) is 29.1 Å². The molecule has 0 aromatic carbocycles. The van der Waals surface area contributed by atoms with Crippen LogP contribution < -0.4 is 0 Å². The zero-order valence-electron chi connectivity index (χ0n) is 10.3. The van der Waals surface area contributed by atoms with E-state index in [-0.39, 0.29) is 11.3 Å². The predicted molar refractivity (Wildman–Crippen MR) is 70.6 cm³/mol. The summed E-state index contributed by atoms with van der Waals surface area (Å²) in [5.41, 5.74) is 0.998. The Kier molecular flexibility index (Phi) is 3.62. The SMILES string of the molecule is COC(=O)c1ncccc1-c1cc(C(=O)O)c(C)s1. The first-order valence-corrected chi connectivity index (χ1v) is 6.23. The lowest BCUT2D eigenvalue weighted by atomic mass is 10.1. The van der Waals surface area contributed by atoms with Crippen LogP contribution in [-0.2, 0) is 4.74 Å². The van der Waals surface area contributed by atoms with Crippen molar-refractivity contribution in [2.45, 2.75) is 6.92 Å². The van der Waals surface area contributed by atoms with Gasteiger partial charge in [0.05, 0.1) is 12.7 Å². The highest BCUT2D eigenvalue weighted by atomic mass is 32.1. The van der Waals surface area contributed by atoms with Crippen molar-refractivity contribution < 1.29 is 19.4 Å². The molecule has 2 rings (SSSR count). The van der Waals surface area contributed by atoms with Crippen LogP contribution in [0.1, 0.15) is 25.7 Å². The first-order valence-electron chi connectivity index (χ1n) is 5.42. The molecule has 0 unspecified atom stereocenters. The number of ether oxygens (including phenoxy) is 1. The van der Waals surface area contributed by atoms with Gasteiger partial charge in [-0.2, -0.15) is 0 Å². The van der Waals surface area contributed by atoms with Gasteiger partial charge in [-0.15, -0.1) is 11.3 Å². The Balaban J connectivity index is 2.56. The summed E-state index contributed by atoms with van der Waals surface area (Å²) in [4.78, 5) is 28.0. The van der Waals surface area contributed by atoms with E-state index >= 15 is 0 Å². The van der Waals surface area contributed by atoms with Gasteiger partial charge in [0.15, 0.2) is 5.69 Å².